The molecule has 7 heteroatoms. The lowest BCUT2D eigenvalue weighted by Gasteiger charge is -2.37. The standard InChI is InChI=1S/C26H33FN4O2/c1-17(2)24-11-20(12-25(32)29-15-19-6-5-9-28-14-19)18(3)10-21(24)16-30-26(33)31-23-8-4-7-22(27)13-23/h4-10,13-14,17,20-21,24H,11-12,15-16H2,1-3H3,(H,29,32)(H2,30,31,33)/t20-,21-,24-/m0/s1. The summed E-state index contributed by atoms with van der Waals surface area (Å²) in [6.45, 7) is 7.39. The van der Waals surface area contributed by atoms with Crippen LogP contribution in [0, 0.1) is 29.5 Å². The molecule has 0 saturated carbocycles. The minimum absolute atomic E-state index is 0.0326. The molecule has 33 heavy (non-hydrogen) atoms. The first-order chi connectivity index (χ1) is 15.8. The fourth-order valence-corrected chi connectivity index (χ4v) is 4.46. The van der Waals surface area contributed by atoms with E-state index in [1.807, 2.05) is 12.1 Å². The van der Waals surface area contributed by atoms with Crippen molar-refractivity contribution < 1.29 is 14.0 Å². The van der Waals surface area contributed by atoms with Crippen LogP contribution in [0.1, 0.15) is 39.2 Å². The van der Waals surface area contributed by atoms with Gasteiger partial charge in [-0.25, -0.2) is 9.18 Å². The van der Waals surface area contributed by atoms with Crippen molar-refractivity contribution in [1.82, 2.24) is 15.6 Å². The molecule has 176 valence electrons. The van der Waals surface area contributed by atoms with Crippen molar-refractivity contribution in [3.63, 3.8) is 0 Å². The molecule has 2 aromatic rings. The van der Waals surface area contributed by atoms with Gasteiger partial charge in [0.1, 0.15) is 5.82 Å². The van der Waals surface area contributed by atoms with Gasteiger partial charge in [-0.2, -0.15) is 0 Å². The van der Waals surface area contributed by atoms with Gasteiger partial charge in [0.25, 0.3) is 0 Å². The lowest BCUT2D eigenvalue weighted by atomic mass is 9.70. The third-order valence-corrected chi connectivity index (χ3v) is 6.31. The van der Waals surface area contributed by atoms with E-state index in [-0.39, 0.29) is 23.8 Å². The maximum Gasteiger partial charge on any atom is 0.319 e. The number of pyridine rings is 1. The molecular formula is C26H33FN4O2. The summed E-state index contributed by atoms with van der Waals surface area (Å²) in [5.41, 5.74) is 2.57. The Bertz CT molecular complexity index is 977. The first-order valence-electron chi connectivity index (χ1n) is 11.5. The van der Waals surface area contributed by atoms with Gasteiger partial charge >= 0.3 is 6.03 Å². The number of allylic oxidation sites excluding steroid dienone is 1. The summed E-state index contributed by atoms with van der Waals surface area (Å²) in [5, 5.41) is 8.58. The normalized spacial score (nSPS) is 20.2. The molecule has 1 heterocycles. The highest BCUT2D eigenvalue weighted by Gasteiger charge is 2.32. The molecule has 3 amide bonds. The topological polar surface area (TPSA) is 83.1 Å². The lowest BCUT2D eigenvalue weighted by Crippen LogP contribution is -2.39. The Morgan fingerprint density at radius 3 is 2.70 bits per heavy atom. The second-order valence-corrected chi connectivity index (χ2v) is 9.10. The van der Waals surface area contributed by atoms with Gasteiger partial charge in [0.15, 0.2) is 0 Å². The Kier molecular flexibility index (Phi) is 8.58. The van der Waals surface area contributed by atoms with E-state index in [2.05, 4.69) is 47.8 Å². The van der Waals surface area contributed by atoms with Crippen LogP contribution in [0.4, 0.5) is 14.9 Å². The van der Waals surface area contributed by atoms with Crippen LogP contribution in [0.3, 0.4) is 0 Å². The maximum atomic E-state index is 13.3. The molecule has 1 aliphatic rings. The first-order valence-corrected chi connectivity index (χ1v) is 11.5. The number of anilines is 1. The number of hydrogen-bond donors (Lipinski definition) is 3. The molecule has 3 rings (SSSR count). The molecule has 3 atom stereocenters. The average molecular weight is 453 g/mol. The van der Waals surface area contributed by atoms with Crippen LogP contribution in [0.25, 0.3) is 0 Å². The average Bonchev–Trinajstić information content (AvgIpc) is 2.78. The number of nitrogens with one attached hydrogen (secondary N) is 3. The molecule has 0 aliphatic heterocycles. The molecule has 1 aromatic heterocycles. The number of benzene rings is 1. The summed E-state index contributed by atoms with van der Waals surface area (Å²) in [6.07, 6.45) is 7.02. The molecule has 0 radical (unpaired) electrons. The van der Waals surface area contributed by atoms with E-state index < -0.39 is 5.82 Å². The number of carbonyl (C=O) groups is 2. The Morgan fingerprint density at radius 2 is 2.00 bits per heavy atom. The van der Waals surface area contributed by atoms with Gasteiger partial charge in [-0.15, -0.1) is 0 Å². The van der Waals surface area contributed by atoms with E-state index in [4.69, 9.17) is 0 Å². The van der Waals surface area contributed by atoms with E-state index in [1.54, 1.807) is 24.5 Å². The van der Waals surface area contributed by atoms with Crippen molar-refractivity contribution in [3.8, 4) is 0 Å². The summed E-state index contributed by atoms with van der Waals surface area (Å²) in [5.74, 6) is 0.758. The number of carbonyl (C=O) groups excluding carboxylic acids is 2. The SMILES string of the molecule is CC1=C[C@@H](CNC(=O)Nc2cccc(F)c2)[C@H](C(C)C)C[C@H]1CC(=O)NCc1cccnc1. The van der Waals surface area contributed by atoms with E-state index in [1.165, 1.54) is 17.7 Å². The van der Waals surface area contributed by atoms with Crippen LogP contribution < -0.4 is 16.0 Å². The number of hydrogen-bond acceptors (Lipinski definition) is 3. The minimum Gasteiger partial charge on any atom is -0.352 e. The zero-order valence-electron chi connectivity index (χ0n) is 19.5. The van der Waals surface area contributed by atoms with E-state index in [0.717, 1.165) is 12.0 Å². The van der Waals surface area contributed by atoms with Gasteiger partial charge in [0, 0.05) is 37.6 Å². The fourth-order valence-electron chi connectivity index (χ4n) is 4.46. The van der Waals surface area contributed by atoms with Crippen molar-refractivity contribution in [1.29, 1.82) is 0 Å². The second kappa shape index (κ2) is 11.6. The maximum absolute atomic E-state index is 13.3. The number of aromatic nitrogens is 1. The van der Waals surface area contributed by atoms with Gasteiger partial charge in [-0.3, -0.25) is 9.78 Å². The fraction of sp³-hybridized carbons (Fsp3) is 0.423. The molecule has 3 N–H and O–H groups in total. The molecule has 0 unspecified atom stereocenters. The lowest BCUT2D eigenvalue weighted by molar-refractivity contribution is -0.122. The van der Waals surface area contributed by atoms with E-state index in [0.29, 0.717) is 37.0 Å². The van der Waals surface area contributed by atoms with Crippen molar-refractivity contribution in [3.05, 3.63) is 71.8 Å². The van der Waals surface area contributed by atoms with E-state index >= 15 is 0 Å². The summed E-state index contributed by atoms with van der Waals surface area (Å²) in [7, 11) is 0. The number of nitrogens with zero attached hydrogens (tertiary/aromatic N) is 1. The van der Waals surface area contributed by atoms with Crippen molar-refractivity contribution in [2.75, 3.05) is 11.9 Å². The highest BCUT2D eigenvalue weighted by Crippen LogP contribution is 2.38. The predicted molar refractivity (Wildman–Crippen MR) is 128 cm³/mol. The molecule has 0 spiro atoms. The summed E-state index contributed by atoms with van der Waals surface area (Å²) < 4.78 is 13.3. The Hall–Kier alpha value is -3.22. The molecular weight excluding hydrogens is 419 g/mol. The van der Waals surface area contributed by atoms with Crippen LogP contribution in [-0.4, -0.2) is 23.5 Å². The van der Waals surface area contributed by atoms with Crippen molar-refractivity contribution in [2.24, 2.45) is 23.7 Å². The smallest absolute Gasteiger partial charge is 0.319 e. The van der Waals surface area contributed by atoms with Crippen LogP contribution >= 0.6 is 0 Å². The van der Waals surface area contributed by atoms with Crippen LogP contribution in [-0.2, 0) is 11.3 Å². The molecule has 1 aromatic carbocycles. The zero-order chi connectivity index (χ0) is 23.8. The number of halogens is 1. The minimum atomic E-state index is -0.394. The van der Waals surface area contributed by atoms with Gasteiger partial charge in [-0.1, -0.05) is 37.6 Å². The van der Waals surface area contributed by atoms with Crippen LogP contribution in [0.15, 0.2) is 60.4 Å². The Balaban J connectivity index is 1.54. The van der Waals surface area contributed by atoms with E-state index in [9.17, 15) is 14.0 Å². The van der Waals surface area contributed by atoms with Gasteiger partial charge < -0.3 is 16.0 Å². The molecule has 1 aliphatic carbocycles. The second-order valence-electron chi connectivity index (χ2n) is 9.10. The summed E-state index contributed by atoms with van der Waals surface area (Å²) in [4.78, 5) is 28.9. The largest absolute Gasteiger partial charge is 0.352 e. The van der Waals surface area contributed by atoms with Gasteiger partial charge in [0.2, 0.25) is 5.91 Å². The Labute approximate surface area is 195 Å². The first kappa shape index (κ1) is 24.4. The Morgan fingerprint density at radius 1 is 1.18 bits per heavy atom. The van der Waals surface area contributed by atoms with Crippen molar-refractivity contribution >= 4 is 17.6 Å². The van der Waals surface area contributed by atoms with Crippen LogP contribution in [0.2, 0.25) is 0 Å². The third-order valence-electron chi connectivity index (χ3n) is 6.31. The summed E-state index contributed by atoms with van der Waals surface area (Å²) in [6, 6.07) is 9.26. The molecule has 6 nitrogen and oxygen atoms in total. The summed E-state index contributed by atoms with van der Waals surface area (Å²) >= 11 is 0. The monoisotopic (exact) mass is 452 g/mol. The number of amides is 3. The predicted octanol–water partition coefficient (Wildman–Crippen LogP) is 4.90. The quantitative estimate of drug-likeness (QED) is 0.498. The van der Waals surface area contributed by atoms with Crippen LogP contribution in [0.5, 0.6) is 0 Å². The number of urea groups is 1. The van der Waals surface area contributed by atoms with Gasteiger partial charge in [-0.05, 0) is 66.8 Å². The highest BCUT2D eigenvalue weighted by molar-refractivity contribution is 5.89. The third kappa shape index (κ3) is 7.41. The molecule has 0 saturated heterocycles. The molecule has 0 bridgehead atoms. The highest BCUT2D eigenvalue weighted by atomic mass is 19.1. The van der Waals surface area contributed by atoms with Crippen molar-refractivity contribution in [2.45, 2.75) is 40.2 Å². The van der Waals surface area contributed by atoms with Gasteiger partial charge in [0.05, 0.1) is 0 Å². The zero-order valence-corrected chi connectivity index (χ0v) is 19.5. The number of rotatable bonds is 8. The molecule has 0 fully saturated rings.